The maximum Gasteiger partial charge on any atom is 0.159 e. The molecule has 52 heavy (non-hydrogen) atoms. The van der Waals surface area contributed by atoms with Crippen LogP contribution >= 0.6 is 0 Å². The van der Waals surface area contributed by atoms with Crippen molar-refractivity contribution in [3.05, 3.63) is 179 Å². The molecule has 0 saturated heterocycles. The average molecular weight is 675 g/mol. The molecule has 0 radical (unpaired) electrons. The molecule has 6 N–H and O–H groups in total. The molecule has 0 unspecified atom stereocenters. The Balaban J connectivity index is 1.51. The zero-order valence-electron chi connectivity index (χ0n) is 27.7. The lowest BCUT2D eigenvalue weighted by atomic mass is 9.96. The first-order chi connectivity index (χ1) is 25.4. The van der Waals surface area contributed by atoms with Gasteiger partial charge in [-0.2, -0.15) is 0 Å². The molecule has 0 aliphatic carbocycles. The van der Waals surface area contributed by atoms with Crippen molar-refractivity contribution in [2.75, 3.05) is 11.5 Å². The van der Waals surface area contributed by atoms with Gasteiger partial charge in [0.05, 0.1) is 28.1 Å². The number of fused-ring (bicyclic) bond motifs is 1. The quantitative estimate of drug-likeness (QED) is 0.0842. The molecule has 0 fully saturated rings. The highest BCUT2D eigenvalue weighted by molar-refractivity contribution is 5.95. The average Bonchev–Trinajstić information content (AvgIpc) is 3.17. The third-order valence-electron chi connectivity index (χ3n) is 7.97. The molecule has 0 amide bonds. The van der Waals surface area contributed by atoms with E-state index in [1.807, 2.05) is 109 Å². The van der Waals surface area contributed by atoms with Crippen molar-refractivity contribution < 1.29 is 19.7 Å². The van der Waals surface area contributed by atoms with Crippen molar-refractivity contribution >= 4 is 22.1 Å². The number of nitrogens with two attached hydrogens (primary N) is 2. The highest BCUT2D eigenvalue weighted by Crippen LogP contribution is 2.40. The number of rotatable bonds is 4. The van der Waals surface area contributed by atoms with Crippen LogP contribution in [0.15, 0.2) is 146 Å². The first-order valence-corrected chi connectivity index (χ1v) is 16.3. The normalized spacial score (nSPS) is 10.2. The molecule has 0 heterocycles. The Hall–Kier alpha value is -7.72. The predicted molar refractivity (Wildman–Crippen MR) is 206 cm³/mol. The van der Waals surface area contributed by atoms with E-state index >= 15 is 0 Å². The summed E-state index contributed by atoms with van der Waals surface area (Å²) in [7, 11) is 0. The molecule has 6 heteroatoms. The summed E-state index contributed by atoms with van der Waals surface area (Å²) in [6.07, 6.45) is 0. The molecule has 0 aliphatic heterocycles. The zero-order chi connectivity index (χ0) is 35.9. The van der Waals surface area contributed by atoms with Gasteiger partial charge in [-0.05, 0) is 84.2 Å². The van der Waals surface area contributed by atoms with Crippen LogP contribution in [-0.4, -0.2) is 10.2 Å². The summed E-state index contributed by atoms with van der Waals surface area (Å²) in [6, 6.07) is 44.0. The second-order valence-corrected chi connectivity index (χ2v) is 11.7. The minimum Gasteiger partial charge on any atom is -0.506 e. The van der Waals surface area contributed by atoms with Gasteiger partial charge in [-0.1, -0.05) is 90.1 Å². The number of nitrogen functional groups attached to an aromatic ring is 2. The summed E-state index contributed by atoms with van der Waals surface area (Å²) in [5, 5.41) is 21.7. The minimum absolute atomic E-state index is 0.0406. The fourth-order valence-electron chi connectivity index (χ4n) is 5.33. The summed E-state index contributed by atoms with van der Waals surface area (Å²) < 4.78 is 13.0. The predicted octanol–water partition coefficient (Wildman–Crippen LogP) is 9.20. The Morgan fingerprint density at radius 3 is 1.44 bits per heavy atom. The first-order valence-electron chi connectivity index (χ1n) is 16.3. The molecule has 7 aromatic rings. The number of phenolic OH excluding ortho intramolecular Hbond substituents is 2. The molecule has 0 spiro atoms. The van der Waals surface area contributed by atoms with Crippen LogP contribution in [-0.2, 0) is 0 Å². The smallest absolute Gasteiger partial charge is 0.159 e. The van der Waals surface area contributed by atoms with Crippen LogP contribution in [0.5, 0.6) is 34.5 Å². The fraction of sp³-hybridized carbons (Fsp3) is 0. The second kappa shape index (κ2) is 14.8. The monoisotopic (exact) mass is 674 g/mol. The van der Waals surface area contributed by atoms with E-state index in [9.17, 15) is 10.2 Å². The third kappa shape index (κ3) is 7.61. The van der Waals surface area contributed by atoms with Crippen molar-refractivity contribution in [1.29, 1.82) is 0 Å². The number of anilines is 2. The van der Waals surface area contributed by atoms with Crippen LogP contribution in [0.3, 0.4) is 0 Å². The lowest BCUT2D eigenvalue weighted by Gasteiger charge is -2.16. The molecule has 7 rings (SSSR count). The first kappa shape index (κ1) is 32.8. The largest absolute Gasteiger partial charge is 0.506 e. The SMILES string of the molecule is Nc1cc(Oc2cc3cc(C#Cc4ccccc4)c(Oc4ccc(O)c(N)c4)c(C#Cc4ccccc4)c3cc2C#Cc2ccccc2)ccc1O. The third-order valence-corrected chi connectivity index (χ3v) is 7.97. The van der Waals surface area contributed by atoms with Crippen molar-refractivity contribution in [3.8, 4) is 70.0 Å². The molecule has 0 aliphatic rings. The van der Waals surface area contributed by atoms with Crippen LogP contribution < -0.4 is 20.9 Å². The summed E-state index contributed by atoms with van der Waals surface area (Å²) >= 11 is 0. The van der Waals surface area contributed by atoms with Crippen molar-refractivity contribution in [2.45, 2.75) is 0 Å². The zero-order valence-corrected chi connectivity index (χ0v) is 27.7. The van der Waals surface area contributed by atoms with Gasteiger partial charge < -0.3 is 31.2 Å². The van der Waals surface area contributed by atoms with Gasteiger partial charge in [0, 0.05) is 34.2 Å². The number of hydrogen-bond donors (Lipinski definition) is 4. The van der Waals surface area contributed by atoms with Crippen LogP contribution in [0.25, 0.3) is 10.8 Å². The standard InChI is InChI=1S/C46H30N2O4/c47-41-29-37(21-24-43(41)49)51-45-28-36-26-35(20-17-32-12-6-2-7-13-32)46(52-38-22-25-44(50)42(48)30-38)39(23-18-33-14-8-3-9-15-33)40(36)27-34(45)19-16-31-10-4-1-5-11-31/h1-15,21-22,24-30,49-50H,47-48H2. The molecule has 0 saturated carbocycles. The van der Waals surface area contributed by atoms with Gasteiger partial charge in [0.15, 0.2) is 5.75 Å². The van der Waals surface area contributed by atoms with Gasteiger partial charge in [-0.15, -0.1) is 0 Å². The van der Waals surface area contributed by atoms with Crippen LogP contribution in [0, 0.1) is 35.5 Å². The van der Waals surface area contributed by atoms with E-state index in [0.29, 0.717) is 39.7 Å². The van der Waals surface area contributed by atoms with Crippen LogP contribution in [0.1, 0.15) is 33.4 Å². The van der Waals surface area contributed by atoms with Crippen molar-refractivity contribution in [3.63, 3.8) is 0 Å². The van der Waals surface area contributed by atoms with Crippen molar-refractivity contribution in [2.24, 2.45) is 0 Å². The molecule has 0 atom stereocenters. The van der Waals surface area contributed by atoms with Crippen LogP contribution in [0.2, 0.25) is 0 Å². The van der Waals surface area contributed by atoms with E-state index in [1.165, 1.54) is 12.1 Å². The molecule has 0 bridgehead atoms. The van der Waals surface area contributed by atoms with Gasteiger partial charge in [0.1, 0.15) is 28.7 Å². The van der Waals surface area contributed by atoms with Gasteiger partial charge >= 0.3 is 0 Å². The lowest BCUT2D eigenvalue weighted by molar-refractivity contribution is 0.465. The van der Waals surface area contributed by atoms with E-state index < -0.39 is 0 Å². The van der Waals surface area contributed by atoms with E-state index in [2.05, 4.69) is 35.5 Å². The molecule has 7 aromatic carbocycles. The van der Waals surface area contributed by atoms with E-state index in [-0.39, 0.29) is 22.9 Å². The topological polar surface area (TPSA) is 111 Å². The number of phenols is 2. The summed E-state index contributed by atoms with van der Waals surface area (Å²) in [5.74, 6) is 21.4. The summed E-state index contributed by atoms with van der Waals surface area (Å²) in [4.78, 5) is 0. The van der Waals surface area contributed by atoms with E-state index in [4.69, 9.17) is 20.9 Å². The molecule has 0 aromatic heterocycles. The Labute approximate surface area is 301 Å². The summed E-state index contributed by atoms with van der Waals surface area (Å²) in [6.45, 7) is 0. The van der Waals surface area contributed by atoms with Gasteiger partial charge in [0.2, 0.25) is 0 Å². The highest BCUT2D eigenvalue weighted by Gasteiger charge is 2.18. The molecular weight excluding hydrogens is 645 g/mol. The minimum atomic E-state index is -0.0522. The number of hydrogen-bond acceptors (Lipinski definition) is 6. The second-order valence-electron chi connectivity index (χ2n) is 11.7. The maximum absolute atomic E-state index is 10.1. The Kier molecular flexibility index (Phi) is 9.34. The van der Waals surface area contributed by atoms with Crippen molar-refractivity contribution in [1.82, 2.24) is 0 Å². The van der Waals surface area contributed by atoms with Gasteiger partial charge in [-0.3, -0.25) is 0 Å². The van der Waals surface area contributed by atoms with Gasteiger partial charge in [-0.25, -0.2) is 0 Å². The van der Waals surface area contributed by atoms with Crippen LogP contribution in [0.4, 0.5) is 11.4 Å². The maximum atomic E-state index is 10.1. The van der Waals surface area contributed by atoms with E-state index in [0.717, 1.165) is 27.5 Å². The lowest BCUT2D eigenvalue weighted by Crippen LogP contribution is -1.98. The molecule has 248 valence electrons. The Bertz CT molecular complexity index is 2620. The number of ether oxygens (including phenoxy) is 2. The molecular formula is C46H30N2O4. The number of aromatic hydroxyl groups is 2. The van der Waals surface area contributed by atoms with E-state index in [1.54, 1.807) is 24.3 Å². The molecule has 6 nitrogen and oxygen atoms in total. The number of benzene rings is 7. The fourth-order valence-corrected chi connectivity index (χ4v) is 5.33. The van der Waals surface area contributed by atoms with Gasteiger partial charge in [0.25, 0.3) is 0 Å². The Morgan fingerprint density at radius 1 is 0.442 bits per heavy atom. The Morgan fingerprint density at radius 2 is 0.923 bits per heavy atom. The highest BCUT2D eigenvalue weighted by atomic mass is 16.5. The summed E-state index contributed by atoms with van der Waals surface area (Å²) in [5.41, 5.74) is 16.6.